The first kappa shape index (κ1) is 16.4. The van der Waals surface area contributed by atoms with Gasteiger partial charge in [0.05, 0.1) is 6.54 Å². The zero-order chi connectivity index (χ0) is 18.1. The van der Waals surface area contributed by atoms with Crippen molar-refractivity contribution in [2.24, 2.45) is 0 Å². The number of aromatic nitrogens is 1. The lowest BCUT2D eigenvalue weighted by Crippen LogP contribution is -2.50. The average Bonchev–Trinajstić information content (AvgIpc) is 3.24. The van der Waals surface area contributed by atoms with Crippen molar-refractivity contribution in [3.05, 3.63) is 72.1 Å². The first-order chi connectivity index (χ1) is 12.5. The van der Waals surface area contributed by atoms with Crippen molar-refractivity contribution in [2.75, 3.05) is 0 Å². The summed E-state index contributed by atoms with van der Waals surface area (Å²) in [6.45, 7) is 2.06. The van der Waals surface area contributed by atoms with Crippen molar-refractivity contribution in [1.82, 2.24) is 10.3 Å². The van der Waals surface area contributed by atoms with Crippen LogP contribution in [0.1, 0.15) is 18.2 Å². The second kappa shape index (κ2) is 6.35. The van der Waals surface area contributed by atoms with Crippen LogP contribution in [0.25, 0.3) is 21.9 Å². The van der Waals surface area contributed by atoms with Crippen LogP contribution in [-0.2, 0) is 17.8 Å². The summed E-state index contributed by atoms with van der Waals surface area (Å²) < 4.78 is 5.79. The van der Waals surface area contributed by atoms with Crippen LogP contribution in [0.5, 0.6) is 0 Å². The minimum absolute atomic E-state index is 0.347. The minimum Gasteiger partial charge on any atom is -0.480 e. The molecule has 0 saturated heterocycles. The van der Waals surface area contributed by atoms with Gasteiger partial charge in [0.2, 0.25) is 0 Å². The molecule has 0 saturated carbocycles. The highest BCUT2D eigenvalue weighted by Crippen LogP contribution is 2.24. The summed E-state index contributed by atoms with van der Waals surface area (Å²) in [5.74, 6) is -0.170. The monoisotopic (exact) mass is 348 g/mol. The van der Waals surface area contributed by atoms with E-state index < -0.39 is 11.5 Å². The Labute approximate surface area is 150 Å². The van der Waals surface area contributed by atoms with Crippen LogP contribution in [0.4, 0.5) is 0 Å². The fourth-order valence-electron chi connectivity index (χ4n) is 3.28. The number of carbonyl (C=O) groups is 1. The van der Waals surface area contributed by atoms with E-state index in [1.165, 1.54) is 0 Å². The Morgan fingerprint density at radius 3 is 2.77 bits per heavy atom. The van der Waals surface area contributed by atoms with Crippen LogP contribution >= 0.6 is 0 Å². The Morgan fingerprint density at radius 1 is 1.19 bits per heavy atom. The first-order valence-corrected chi connectivity index (χ1v) is 8.56. The predicted octanol–water partition coefficient (Wildman–Crippen LogP) is 4.09. The number of H-pyrrole nitrogens is 1. The third-order valence-electron chi connectivity index (χ3n) is 4.82. The number of fused-ring (bicyclic) bond motifs is 2. The van der Waals surface area contributed by atoms with Crippen LogP contribution in [0.2, 0.25) is 0 Å². The van der Waals surface area contributed by atoms with Crippen molar-refractivity contribution < 1.29 is 14.3 Å². The van der Waals surface area contributed by atoms with Crippen LogP contribution in [0.15, 0.2) is 65.2 Å². The van der Waals surface area contributed by atoms with Crippen molar-refractivity contribution in [2.45, 2.75) is 25.4 Å². The van der Waals surface area contributed by atoms with Gasteiger partial charge in [0.25, 0.3) is 0 Å². The molecule has 0 radical (unpaired) electrons. The van der Waals surface area contributed by atoms with Gasteiger partial charge < -0.3 is 14.5 Å². The van der Waals surface area contributed by atoms with E-state index in [2.05, 4.69) is 10.3 Å². The highest BCUT2D eigenvalue weighted by Gasteiger charge is 2.34. The molecule has 2 aromatic heterocycles. The predicted molar refractivity (Wildman–Crippen MR) is 101 cm³/mol. The number of aliphatic carboxylic acids is 1. The molecule has 4 aromatic rings. The number of aromatic amines is 1. The van der Waals surface area contributed by atoms with E-state index in [4.69, 9.17) is 4.42 Å². The van der Waals surface area contributed by atoms with E-state index >= 15 is 0 Å². The molecule has 1 unspecified atom stereocenters. The number of nitrogens with one attached hydrogen (secondary N) is 2. The molecule has 2 heterocycles. The zero-order valence-corrected chi connectivity index (χ0v) is 14.5. The lowest BCUT2D eigenvalue weighted by molar-refractivity contribution is -0.144. The van der Waals surface area contributed by atoms with Gasteiger partial charge in [-0.05, 0) is 30.7 Å². The van der Waals surface area contributed by atoms with Gasteiger partial charge in [-0.3, -0.25) is 10.1 Å². The summed E-state index contributed by atoms with van der Waals surface area (Å²) >= 11 is 0. The molecule has 132 valence electrons. The molecule has 4 rings (SSSR count). The molecule has 0 aliphatic rings. The fourth-order valence-corrected chi connectivity index (χ4v) is 3.28. The molecule has 0 bridgehead atoms. The summed E-state index contributed by atoms with van der Waals surface area (Å²) in [7, 11) is 0. The van der Waals surface area contributed by atoms with Gasteiger partial charge in [0.15, 0.2) is 0 Å². The molecule has 0 aliphatic carbocycles. The van der Waals surface area contributed by atoms with Gasteiger partial charge in [0.1, 0.15) is 16.9 Å². The Balaban J connectivity index is 1.56. The van der Waals surface area contributed by atoms with E-state index in [0.29, 0.717) is 13.0 Å². The highest BCUT2D eigenvalue weighted by molar-refractivity contribution is 5.85. The number of hydrogen-bond donors (Lipinski definition) is 3. The number of carboxylic acid groups (broad SMARTS) is 1. The maximum atomic E-state index is 12.0. The third-order valence-corrected chi connectivity index (χ3v) is 4.82. The van der Waals surface area contributed by atoms with Crippen molar-refractivity contribution in [3.63, 3.8) is 0 Å². The third kappa shape index (κ3) is 2.97. The van der Waals surface area contributed by atoms with Gasteiger partial charge in [-0.1, -0.05) is 36.4 Å². The van der Waals surface area contributed by atoms with Crippen LogP contribution in [0.3, 0.4) is 0 Å². The van der Waals surface area contributed by atoms with Gasteiger partial charge in [-0.25, -0.2) is 0 Å². The molecular formula is C21H20N2O3. The Bertz CT molecular complexity index is 1050. The van der Waals surface area contributed by atoms with Crippen LogP contribution < -0.4 is 5.32 Å². The van der Waals surface area contributed by atoms with E-state index in [1.807, 2.05) is 60.8 Å². The summed E-state index contributed by atoms with van der Waals surface area (Å²) in [6, 6.07) is 17.6. The normalized spacial score (nSPS) is 13.9. The second-order valence-electron chi connectivity index (χ2n) is 6.78. The number of benzene rings is 2. The molecule has 5 heteroatoms. The standard InChI is InChI=1S/C21H20N2O3/c1-21(20(24)25,11-15-12-22-18-8-4-3-7-17(15)18)23-13-16-10-14-6-2-5-9-19(14)26-16/h2-10,12,22-23H,11,13H2,1H3,(H,24,25). The molecule has 3 N–H and O–H groups in total. The zero-order valence-electron chi connectivity index (χ0n) is 14.5. The Hall–Kier alpha value is -3.05. The molecule has 0 spiro atoms. The van der Waals surface area contributed by atoms with Crippen LogP contribution in [-0.4, -0.2) is 21.6 Å². The number of rotatable bonds is 6. The topological polar surface area (TPSA) is 78.3 Å². The summed E-state index contributed by atoms with van der Waals surface area (Å²) in [6.07, 6.45) is 2.25. The lowest BCUT2D eigenvalue weighted by Gasteiger charge is -2.25. The van der Waals surface area contributed by atoms with E-state index in [0.717, 1.165) is 33.2 Å². The summed E-state index contributed by atoms with van der Waals surface area (Å²) in [5.41, 5.74) is 1.68. The van der Waals surface area contributed by atoms with Crippen LogP contribution in [0, 0.1) is 0 Å². The molecule has 0 amide bonds. The summed E-state index contributed by atoms with van der Waals surface area (Å²) in [5, 5.41) is 15.0. The van der Waals surface area contributed by atoms with Gasteiger partial charge >= 0.3 is 5.97 Å². The lowest BCUT2D eigenvalue weighted by atomic mass is 9.92. The van der Waals surface area contributed by atoms with E-state index in [1.54, 1.807) is 6.92 Å². The molecule has 26 heavy (non-hydrogen) atoms. The molecule has 1 atom stereocenters. The van der Waals surface area contributed by atoms with Gasteiger partial charge in [-0.2, -0.15) is 0 Å². The quantitative estimate of drug-likeness (QED) is 0.490. The highest BCUT2D eigenvalue weighted by atomic mass is 16.4. The van der Waals surface area contributed by atoms with E-state index in [-0.39, 0.29) is 0 Å². The number of para-hydroxylation sites is 2. The molecule has 5 nitrogen and oxygen atoms in total. The van der Waals surface area contributed by atoms with Crippen molar-refractivity contribution in [1.29, 1.82) is 0 Å². The molecule has 0 fully saturated rings. The van der Waals surface area contributed by atoms with E-state index in [9.17, 15) is 9.90 Å². The maximum absolute atomic E-state index is 12.0. The van der Waals surface area contributed by atoms with Gasteiger partial charge in [-0.15, -0.1) is 0 Å². The average molecular weight is 348 g/mol. The maximum Gasteiger partial charge on any atom is 0.323 e. The first-order valence-electron chi connectivity index (χ1n) is 8.56. The smallest absolute Gasteiger partial charge is 0.323 e. The molecule has 2 aromatic carbocycles. The summed E-state index contributed by atoms with van der Waals surface area (Å²) in [4.78, 5) is 15.2. The number of furan rings is 1. The largest absolute Gasteiger partial charge is 0.480 e. The fraction of sp³-hybridized carbons (Fsp3) is 0.190. The molecule has 0 aliphatic heterocycles. The number of carboxylic acids is 1. The number of hydrogen-bond acceptors (Lipinski definition) is 3. The second-order valence-corrected chi connectivity index (χ2v) is 6.78. The minimum atomic E-state index is -1.11. The Kier molecular flexibility index (Phi) is 4.01. The van der Waals surface area contributed by atoms with Gasteiger partial charge in [0, 0.05) is 28.9 Å². The Morgan fingerprint density at radius 2 is 1.96 bits per heavy atom. The van der Waals surface area contributed by atoms with Crippen molar-refractivity contribution in [3.8, 4) is 0 Å². The SMILES string of the molecule is CC(Cc1c[nH]c2ccccc12)(NCc1cc2ccccc2o1)C(=O)O. The van der Waals surface area contributed by atoms with Crippen molar-refractivity contribution >= 4 is 27.8 Å². The molecular weight excluding hydrogens is 328 g/mol.